The molecule has 2 rings (SSSR count). The van der Waals surface area contributed by atoms with Crippen LogP contribution in [0.1, 0.15) is 19.3 Å². The van der Waals surface area contributed by atoms with Gasteiger partial charge in [-0.2, -0.15) is 0 Å². The Morgan fingerprint density at radius 3 is 2.52 bits per heavy atom. The van der Waals surface area contributed by atoms with Gasteiger partial charge in [-0.15, -0.1) is 13.2 Å². The summed E-state index contributed by atoms with van der Waals surface area (Å²) in [6, 6.07) is 3.66. The SMILES string of the molecule is O=C(Nc1ccc(Br)cc1OC(F)(F)F)N1CCCCC1. The number of nitrogens with one attached hydrogen (secondary N) is 1. The van der Waals surface area contributed by atoms with Crippen LogP contribution in [0.25, 0.3) is 0 Å². The molecule has 1 aromatic rings. The van der Waals surface area contributed by atoms with Crippen LogP contribution in [-0.4, -0.2) is 30.4 Å². The molecule has 1 heterocycles. The van der Waals surface area contributed by atoms with Gasteiger partial charge in [0.25, 0.3) is 0 Å². The molecule has 0 aliphatic carbocycles. The van der Waals surface area contributed by atoms with Crippen molar-refractivity contribution in [2.75, 3.05) is 18.4 Å². The number of hydrogen-bond donors (Lipinski definition) is 1. The highest BCUT2D eigenvalue weighted by molar-refractivity contribution is 9.10. The van der Waals surface area contributed by atoms with E-state index < -0.39 is 18.1 Å². The van der Waals surface area contributed by atoms with Gasteiger partial charge in [0.2, 0.25) is 0 Å². The van der Waals surface area contributed by atoms with E-state index in [0.717, 1.165) is 19.3 Å². The number of anilines is 1. The molecule has 0 spiro atoms. The number of ether oxygens (including phenoxy) is 1. The topological polar surface area (TPSA) is 41.6 Å². The van der Waals surface area contributed by atoms with E-state index >= 15 is 0 Å². The molecular weight excluding hydrogens is 353 g/mol. The monoisotopic (exact) mass is 366 g/mol. The van der Waals surface area contributed by atoms with Gasteiger partial charge in [-0.1, -0.05) is 15.9 Å². The van der Waals surface area contributed by atoms with E-state index in [9.17, 15) is 18.0 Å². The van der Waals surface area contributed by atoms with Crippen molar-refractivity contribution in [3.05, 3.63) is 22.7 Å². The molecular formula is C13H14BrF3N2O2. The van der Waals surface area contributed by atoms with Gasteiger partial charge in [-0.25, -0.2) is 4.79 Å². The Morgan fingerprint density at radius 2 is 1.90 bits per heavy atom. The van der Waals surface area contributed by atoms with Gasteiger partial charge in [0.05, 0.1) is 5.69 Å². The Bertz CT molecular complexity index is 517. The van der Waals surface area contributed by atoms with E-state index in [-0.39, 0.29) is 5.69 Å². The van der Waals surface area contributed by atoms with Crippen molar-refractivity contribution in [2.45, 2.75) is 25.6 Å². The molecule has 4 nitrogen and oxygen atoms in total. The molecule has 0 saturated carbocycles. The summed E-state index contributed by atoms with van der Waals surface area (Å²) in [5.41, 5.74) is -0.00824. The highest BCUT2D eigenvalue weighted by Gasteiger charge is 2.32. The van der Waals surface area contributed by atoms with Gasteiger partial charge in [-0.3, -0.25) is 0 Å². The van der Waals surface area contributed by atoms with Gasteiger partial charge in [0, 0.05) is 17.6 Å². The van der Waals surface area contributed by atoms with Gasteiger partial charge in [-0.05, 0) is 37.5 Å². The van der Waals surface area contributed by atoms with E-state index in [4.69, 9.17) is 0 Å². The maximum Gasteiger partial charge on any atom is 0.573 e. The summed E-state index contributed by atoms with van der Waals surface area (Å²) in [5.74, 6) is -0.442. The predicted octanol–water partition coefficient (Wildman–Crippen LogP) is 4.37. The van der Waals surface area contributed by atoms with Crippen LogP contribution < -0.4 is 10.1 Å². The average Bonchev–Trinajstić information content (AvgIpc) is 2.41. The zero-order chi connectivity index (χ0) is 15.5. The second-order valence-electron chi connectivity index (χ2n) is 4.67. The normalized spacial score (nSPS) is 15.7. The van der Waals surface area contributed by atoms with E-state index in [1.165, 1.54) is 18.2 Å². The van der Waals surface area contributed by atoms with Crippen LogP contribution in [0.3, 0.4) is 0 Å². The number of benzene rings is 1. The maximum atomic E-state index is 12.4. The van der Waals surface area contributed by atoms with Crippen LogP contribution in [-0.2, 0) is 0 Å². The van der Waals surface area contributed by atoms with Crippen molar-refractivity contribution >= 4 is 27.6 Å². The van der Waals surface area contributed by atoms with E-state index in [1.807, 2.05) is 0 Å². The maximum absolute atomic E-state index is 12.4. The van der Waals surface area contributed by atoms with Crippen LogP contribution >= 0.6 is 15.9 Å². The molecule has 0 atom stereocenters. The Morgan fingerprint density at radius 1 is 1.24 bits per heavy atom. The number of nitrogens with zero attached hydrogens (tertiary/aromatic N) is 1. The summed E-state index contributed by atoms with van der Waals surface area (Å²) in [7, 11) is 0. The lowest BCUT2D eigenvalue weighted by molar-refractivity contribution is -0.274. The number of hydrogen-bond acceptors (Lipinski definition) is 2. The predicted molar refractivity (Wildman–Crippen MR) is 75.3 cm³/mol. The first kappa shape index (κ1) is 15.9. The zero-order valence-corrected chi connectivity index (χ0v) is 12.6. The number of urea groups is 1. The van der Waals surface area contributed by atoms with Crippen LogP contribution in [0.2, 0.25) is 0 Å². The largest absolute Gasteiger partial charge is 0.573 e. The minimum Gasteiger partial charge on any atom is -0.404 e. The van der Waals surface area contributed by atoms with Gasteiger partial charge in [0.1, 0.15) is 0 Å². The summed E-state index contributed by atoms with van der Waals surface area (Å²) < 4.78 is 41.5. The van der Waals surface area contributed by atoms with Crippen LogP contribution in [0.15, 0.2) is 22.7 Å². The molecule has 116 valence electrons. The Kier molecular flexibility index (Phi) is 4.97. The molecule has 1 aliphatic heterocycles. The third-order valence-corrected chi connectivity index (χ3v) is 3.55. The molecule has 0 bridgehead atoms. The Hall–Kier alpha value is -1.44. The highest BCUT2D eigenvalue weighted by atomic mass is 79.9. The second kappa shape index (κ2) is 6.55. The lowest BCUT2D eigenvalue weighted by atomic mass is 10.1. The first-order valence-corrected chi connectivity index (χ1v) is 7.26. The summed E-state index contributed by atoms with van der Waals surface area (Å²) in [5, 5.41) is 2.47. The Labute approximate surface area is 128 Å². The summed E-state index contributed by atoms with van der Waals surface area (Å²) >= 11 is 3.08. The molecule has 1 fully saturated rings. The Balaban J connectivity index is 2.13. The summed E-state index contributed by atoms with van der Waals surface area (Å²) in [4.78, 5) is 13.6. The number of rotatable bonds is 2. The molecule has 1 aromatic carbocycles. The highest BCUT2D eigenvalue weighted by Crippen LogP contribution is 2.33. The standard InChI is InChI=1S/C13H14BrF3N2O2/c14-9-4-5-10(11(8-9)21-13(15,16)17)18-12(20)19-6-2-1-3-7-19/h4-5,8H,1-3,6-7H2,(H,18,20). The third kappa shape index (κ3) is 4.80. The van der Waals surface area contributed by atoms with Crippen molar-refractivity contribution in [1.29, 1.82) is 0 Å². The number of halogens is 4. The lowest BCUT2D eigenvalue weighted by Crippen LogP contribution is -2.38. The minimum atomic E-state index is -4.81. The molecule has 0 unspecified atom stereocenters. The van der Waals surface area contributed by atoms with Gasteiger partial charge >= 0.3 is 12.4 Å². The summed E-state index contributed by atoms with van der Waals surface area (Å²) in [6.07, 6.45) is -1.95. The quantitative estimate of drug-likeness (QED) is 0.844. The van der Waals surface area contributed by atoms with Crippen LogP contribution in [0, 0.1) is 0 Å². The number of likely N-dealkylation sites (tertiary alicyclic amines) is 1. The molecule has 0 aromatic heterocycles. The molecule has 21 heavy (non-hydrogen) atoms. The third-order valence-electron chi connectivity index (χ3n) is 3.05. The number of alkyl halides is 3. The second-order valence-corrected chi connectivity index (χ2v) is 5.58. The molecule has 1 saturated heterocycles. The molecule has 2 amide bonds. The van der Waals surface area contributed by atoms with E-state index in [0.29, 0.717) is 17.6 Å². The molecule has 1 aliphatic rings. The van der Waals surface area contributed by atoms with Crippen molar-refractivity contribution in [3.8, 4) is 5.75 Å². The number of amides is 2. The molecule has 1 N–H and O–H groups in total. The molecule has 0 radical (unpaired) electrons. The number of carbonyl (C=O) groups is 1. The number of carbonyl (C=O) groups excluding carboxylic acids is 1. The van der Waals surface area contributed by atoms with Gasteiger partial charge in [0.15, 0.2) is 5.75 Å². The van der Waals surface area contributed by atoms with Crippen molar-refractivity contribution < 1.29 is 22.7 Å². The molecule has 8 heteroatoms. The van der Waals surface area contributed by atoms with Crippen molar-refractivity contribution in [1.82, 2.24) is 4.90 Å². The van der Waals surface area contributed by atoms with Crippen molar-refractivity contribution in [2.24, 2.45) is 0 Å². The average molecular weight is 367 g/mol. The van der Waals surface area contributed by atoms with E-state index in [1.54, 1.807) is 4.90 Å². The fourth-order valence-corrected chi connectivity index (χ4v) is 2.44. The fourth-order valence-electron chi connectivity index (χ4n) is 2.10. The lowest BCUT2D eigenvalue weighted by Gasteiger charge is -2.27. The van der Waals surface area contributed by atoms with Crippen LogP contribution in [0.5, 0.6) is 5.75 Å². The fraction of sp³-hybridized carbons (Fsp3) is 0.462. The van der Waals surface area contributed by atoms with E-state index in [2.05, 4.69) is 26.0 Å². The number of piperidine rings is 1. The van der Waals surface area contributed by atoms with Gasteiger partial charge < -0.3 is 15.0 Å². The summed E-state index contributed by atoms with van der Waals surface area (Å²) in [6.45, 7) is 1.22. The zero-order valence-electron chi connectivity index (χ0n) is 11.0. The van der Waals surface area contributed by atoms with Crippen molar-refractivity contribution in [3.63, 3.8) is 0 Å². The first-order chi connectivity index (χ1) is 9.85. The first-order valence-electron chi connectivity index (χ1n) is 6.46. The smallest absolute Gasteiger partial charge is 0.404 e. The minimum absolute atomic E-state index is 0.00824. The van der Waals surface area contributed by atoms with Crippen LogP contribution in [0.4, 0.5) is 23.7 Å².